The molecule has 1 aromatic heterocycles. The van der Waals surface area contributed by atoms with E-state index >= 15 is 0 Å². The van der Waals surface area contributed by atoms with Crippen LogP contribution in [0.5, 0.6) is 5.75 Å². The second kappa shape index (κ2) is 6.65. The summed E-state index contributed by atoms with van der Waals surface area (Å²) in [6.07, 6.45) is 4.83. The van der Waals surface area contributed by atoms with Gasteiger partial charge in [0.25, 0.3) is 5.91 Å². The van der Waals surface area contributed by atoms with Gasteiger partial charge in [-0.25, -0.2) is 5.43 Å². The molecule has 1 heterocycles. The summed E-state index contributed by atoms with van der Waals surface area (Å²) in [5.41, 5.74) is 5.31. The lowest BCUT2D eigenvalue weighted by Crippen LogP contribution is -2.18. The van der Waals surface area contributed by atoms with E-state index in [0.29, 0.717) is 11.3 Å². The zero-order valence-corrected chi connectivity index (χ0v) is 12.4. The first-order valence-electron chi connectivity index (χ1n) is 6.95. The lowest BCUT2D eigenvalue weighted by atomic mass is 10.2. The summed E-state index contributed by atoms with van der Waals surface area (Å²) in [5, 5.41) is 3.97. The first kappa shape index (κ1) is 14.6. The average Bonchev–Trinajstić information content (AvgIpc) is 2.61. The average molecular weight is 306 g/mol. The van der Waals surface area contributed by atoms with Crippen molar-refractivity contribution >= 4 is 23.2 Å². The van der Waals surface area contributed by atoms with Gasteiger partial charge in [0.05, 0.1) is 29.9 Å². The molecule has 0 bridgehead atoms. The van der Waals surface area contributed by atoms with Crippen molar-refractivity contribution in [1.29, 1.82) is 0 Å². The van der Waals surface area contributed by atoms with Gasteiger partial charge in [0.1, 0.15) is 5.75 Å². The summed E-state index contributed by atoms with van der Waals surface area (Å²) >= 11 is 0. The Hall–Kier alpha value is -3.28. The molecule has 0 fully saturated rings. The van der Waals surface area contributed by atoms with E-state index in [1.165, 1.54) is 7.11 Å². The molecule has 114 valence electrons. The molecule has 1 amide bonds. The van der Waals surface area contributed by atoms with E-state index < -0.39 is 0 Å². The summed E-state index contributed by atoms with van der Waals surface area (Å²) in [6, 6.07) is 12.5. The predicted octanol–water partition coefficient (Wildman–Crippen LogP) is 2.40. The van der Waals surface area contributed by atoms with Crippen molar-refractivity contribution in [3.63, 3.8) is 0 Å². The van der Waals surface area contributed by atoms with Crippen LogP contribution in [-0.2, 0) is 0 Å². The van der Waals surface area contributed by atoms with Crippen LogP contribution in [0.4, 0.5) is 0 Å². The molecule has 0 spiro atoms. The standard InChI is InChI=1S/C17H14N4O2/c1-23-16-5-3-2-4-13(16)17(22)21-20-11-12-6-7-14-15(10-12)19-9-8-18-14/h2-11H,1H3,(H,21,22). The van der Waals surface area contributed by atoms with Crippen LogP contribution in [0.2, 0.25) is 0 Å². The number of fused-ring (bicyclic) bond motifs is 1. The van der Waals surface area contributed by atoms with Crippen LogP contribution in [0.1, 0.15) is 15.9 Å². The molecule has 3 rings (SSSR count). The Bertz CT molecular complexity index is 877. The molecule has 0 radical (unpaired) electrons. The molecule has 0 saturated heterocycles. The molecule has 0 atom stereocenters. The lowest BCUT2D eigenvalue weighted by Gasteiger charge is -2.05. The van der Waals surface area contributed by atoms with Crippen LogP contribution >= 0.6 is 0 Å². The van der Waals surface area contributed by atoms with Gasteiger partial charge in [0.15, 0.2) is 0 Å². The van der Waals surface area contributed by atoms with Gasteiger partial charge in [0.2, 0.25) is 0 Å². The Balaban J connectivity index is 1.73. The third kappa shape index (κ3) is 3.32. The number of nitrogens with zero attached hydrogens (tertiary/aromatic N) is 3. The highest BCUT2D eigenvalue weighted by molar-refractivity contribution is 5.97. The SMILES string of the molecule is COc1ccccc1C(=O)NN=Cc1ccc2nccnc2c1. The van der Waals surface area contributed by atoms with Gasteiger partial charge in [-0.3, -0.25) is 14.8 Å². The van der Waals surface area contributed by atoms with Crippen LogP contribution < -0.4 is 10.2 Å². The molecule has 1 N–H and O–H groups in total. The third-order valence-electron chi connectivity index (χ3n) is 3.22. The third-order valence-corrected chi connectivity index (χ3v) is 3.22. The van der Waals surface area contributed by atoms with Gasteiger partial charge in [-0.1, -0.05) is 18.2 Å². The number of hydrogen-bond donors (Lipinski definition) is 1. The minimum Gasteiger partial charge on any atom is -0.496 e. The Morgan fingerprint density at radius 2 is 1.91 bits per heavy atom. The number of ether oxygens (including phenoxy) is 1. The molecule has 6 heteroatoms. The quantitative estimate of drug-likeness (QED) is 0.593. The van der Waals surface area contributed by atoms with E-state index in [1.54, 1.807) is 42.9 Å². The van der Waals surface area contributed by atoms with Crippen molar-refractivity contribution in [3.8, 4) is 5.75 Å². The molecule has 2 aromatic carbocycles. The maximum Gasteiger partial charge on any atom is 0.275 e. The fraction of sp³-hybridized carbons (Fsp3) is 0.0588. The molecule has 0 aliphatic heterocycles. The number of methoxy groups -OCH3 is 1. The number of hydrogen-bond acceptors (Lipinski definition) is 5. The molecule has 6 nitrogen and oxygen atoms in total. The molecule has 0 saturated carbocycles. The van der Waals surface area contributed by atoms with Crippen LogP contribution in [-0.4, -0.2) is 29.2 Å². The fourth-order valence-electron chi connectivity index (χ4n) is 2.12. The zero-order valence-electron chi connectivity index (χ0n) is 12.4. The first-order chi connectivity index (χ1) is 11.3. The van der Waals surface area contributed by atoms with Crippen LogP contribution in [0.3, 0.4) is 0 Å². The minimum atomic E-state index is -0.334. The minimum absolute atomic E-state index is 0.334. The number of para-hydroxylation sites is 1. The van der Waals surface area contributed by atoms with Gasteiger partial charge < -0.3 is 4.74 Å². The van der Waals surface area contributed by atoms with E-state index in [2.05, 4.69) is 20.5 Å². The number of carbonyl (C=O) groups excluding carboxylic acids is 1. The summed E-state index contributed by atoms with van der Waals surface area (Å²) < 4.78 is 5.15. The Morgan fingerprint density at radius 3 is 2.74 bits per heavy atom. The lowest BCUT2D eigenvalue weighted by molar-refractivity contribution is 0.0952. The van der Waals surface area contributed by atoms with Crippen molar-refractivity contribution in [1.82, 2.24) is 15.4 Å². The first-order valence-corrected chi connectivity index (χ1v) is 6.95. The van der Waals surface area contributed by atoms with E-state index in [1.807, 2.05) is 18.2 Å². The smallest absolute Gasteiger partial charge is 0.275 e. The van der Waals surface area contributed by atoms with E-state index in [9.17, 15) is 4.79 Å². The topological polar surface area (TPSA) is 76.5 Å². The van der Waals surface area contributed by atoms with Crippen molar-refractivity contribution in [2.24, 2.45) is 5.10 Å². The summed E-state index contributed by atoms with van der Waals surface area (Å²) in [5.74, 6) is 0.167. The highest BCUT2D eigenvalue weighted by Crippen LogP contribution is 2.16. The maximum atomic E-state index is 12.1. The van der Waals surface area contributed by atoms with E-state index in [0.717, 1.165) is 16.6 Å². The summed E-state index contributed by atoms with van der Waals surface area (Å²) in [6.45, 7) is 0. The van der Waals surface area contributed by atoms with Gasteiger partial charge in [-0.2, -0.15) is 5.10 Å². The number of nitrogens with one attached hydrogen (secondary N) is 1. The normalized spacial score (nSPS) is 10.8. The highest BCUT2D eigenvalue weighted by Gasteiger charge is 2.09. The summed E-state index contributed by atoms with van der Waals surface area (Å²) in [4.78, 5) is 20.5. The predicted molar refractivity (Wildman–Crippen MR) is 87.6 cm³/mol. The molecule has 0 aliphatic rings. The number of aromatic nitrogens is 2. The molecule has 0 unspecified atom stereocenters. The van der Waals surface area contributed by atoms with Gasteiger partial charge in [-0.05, 0) is 29.8 Å². The van der Waals surface area contributed by atoms with Gasteiger partial charge in [0, 0.05) is 12.4 Å². The van der Waals surface area contributed by atoms with E-state index in [-0.39, 0.29) is 5.91 Å². The van der Waals surface area contributed by atoms with Gasteiger partial charge in [-0.15, -0.1) is 0 Å². The van der Waals surface area contributed by atoms with Crippen molar-refractivity contribution < 1.29 is 9.53 Å². The molecular weight excluding hydrogens is 292 g/mol. The second-order valence-electron chi connectivity index (χ2n) is 4.70. The Kier molecular flexibility index (Phi) is 4.24. The highest BCUT2D eigenvalue weighted by atomic mass is 16.5. The van der Waals surface area contributed by atoms with Crippen molar-refractivity contribution in [3.05, 3.63) is 66.0 Å². The van der Waals surface area contributed by atoms with Crippen molar-refractivity contribution in [2.75, 3.05) is 7.11 Å². The largest absolute Gasteiger partial charge is 0.496 e. The Labute approximate surface area is 132 Å². The number of rotatable bonds is 4. The fourth-order valence-corrected chi connectivity index (χ4v) is 2.12. The van der Waals surface area contributed by atoms with Crippen molar-refractivity contribution in [2.45, 2.75) is 0 Å². The molecule has 3 aromatic rings. The van der Waals surface area contributed by atoms with Crippen LogP contribution in [0.25, 0.3) is 11.0 Å². The number of benzene rings is 2. The second-order valence-corrected chi connectivity index (χ2v) is 4.70. The Morgan fingerprint density at radius 1 is 1.13 bits per heavy atom. The van der Waals surface area contributed by atoms with Crippen LogP contribution in [0.15, 0.2) is 60.0 Å². The number of carbonyl (C=O) groups is 1. The number of hydrazone groups is 1. The van der Waals surface area contributed by atoms with Gasteiger partial charge >= 0.3 is 0 Å². The zero-order chi connectivity index (χ0) is 16.1. The summed E-state index contributed by atoms with van der Waals surface area (Å²) in [7, 11) is 1.52. The molecular formula is C17H14N4O2. The van der Waals surface area contributed by atoms with E-state index in [4.69, 9.17) is 4.74 Å². The maximum absolute atomic E-state index is 12.1. The molecule has 23 heavy (non-hydrogen) atoms. The number of amides is 1. The monoisotopic (exact) mass is 306 g/mol. The van der Waals surface area contributed by atoms with Crippen LogP contribution in [0, 0.1) is 0 Å². The molecule has 0 aliphatic carbocycles.